The minimum atomic E-state index is 0.0321. The first-order valence-electron chi connectivity index (χ1n) is 7.94. The standard InChI is InChI=1S/C18H19ClN2O3/c19-14-2-1-3-16(10-14)24-17-4-7-20-15(11-17)12-21-18(22)13-5-8-23-9-6-13/h1-4,7,10-11,13H,5-6,8-9,12H2,(H,21,22). The van der Waals surface area contributed by atoms with E-state index in [0.29, 0.717) is 36.3 Å². The van der Waals surface area contributed by atoms with E-state index in [1.807, 2.05) is 18.2 Å². The number of carbonyl (C=O) groups is 1. The van der Waals surface area contributed by atoms with E-state index in [1.54, 1.807) is 24.4 Å². The molecule has 0 aliphatic carbocycles. The number of carbonyl (C=O) groups excluding carboxylic acids is 1. The molecule has 1 aliphatic rings. The van der Waals surface area contributed by atoms with Gasteiger partial charge in [-0.15, -0.1) is 0 Å². The summed E-state index contributed by atoms with van der Waals surface area (Å²) in [4.78, 5) is 16.4. The van der Waals surface area contributed by atoms with Crippen LogP contribution < -0.4 is 10.1 Å². The fourth-order valence-corrected chi connectivity index (χ4v) is 2.74. The number of pyridine rings is 1. The molecule has 24 heavy (non-hydrogen) atoms. The van der Waals surface area contributed by atoms with Crippen LogP contribution in [-0.4, -0.2) is 24.1 Å². The van der Waals surface area contributed by atoms with Gasteiger partial charge in [0.1, 0.15) is 11.5 Å². The zero-order valence-electron chi connectivity index (χ0n) is 13.2. The van der Waals surface area contributed by atoms with Gasteiger partial charge in [0.25, 0.3) is 0 Å². The molecule has 1 aliphatic heterocycles. The molecule has 1 fully saturated rings. The molecule has 0 unspecified atom stereocenters. The molecule has 1 amide bonds. The van der Waals surface area contributed by atoms with Crippen molar-refractivity contribution in [3.05, 3.63) is 53.3 Å². The van der Waals surface area contributed by atoms with Gasteiger partial charge in [-0.05, 0) is 37.1 Å². The van der Waals surface area contributed by atoms with Crippen molar-refractivity contribution in [3.8, 4) is 11.5 Å². The normalized spacial score (nSPS) is 15.0. The summed E-state index contributed by atoms with van der Waals surface area (Å²) in [5.41, 5.74) is 0.745. The Balaban J connectivity index is 1.57. The number of ether oxygens (including phenoxy) is 2. The number of aromatic nitrogens is 1. The highest BCUT2D eigenvalue weighted by Gasteiger charge is 2.21. The lowest BCUT2D eigenvalue weighted by Gasteiger charge is -2.21. The number of benzene rings is 1. The average molecular weight is 347 g/mol. The maximum Gasteiger partial charge on any atom is 0.223 e. The van der Waals surface area contributed by atoms with Crippen molar-refractivity contribution >= 4 is 17.5 Å². The first-order valence-corrected chi connectivity index (χ1v) is 8.32. The summed E-state index contributed by atoms with van der Waals surface area (Å²) in [5.74, 6) is 1.40. The Hall–Kier alpha value is -2.11. The van der Waals surface area contributed by atoms with Crippen molar-refractivity contribution in [1.29, 1.82) is 0 Å². The second kappa shape index (κ2) is 8.13. The highest BCUT2D eigenvalue weighted by atomic mass is 35.5. The molecular formula is C18H19ClN2O3. The van der Waals surface area contributed by atoms with Crippen LogP contribution in [0.3, 0.4) is 0 Å². The Morgan fingerprint density at radius 3 is 2.83 bits per heavy atom. The molecule has 2 aromatic rings. The van der Waals surface area contributed by atoms with Gasteiger partial charge in [0.15, 0.2) is 0 Å². The fraction of sp³-hybridized carbons (Fsp3) is 0.333. The minimum absolute atomic E-state index is 0.0321. The maximum absolute atomic E-state index is 12.1. The lowest BCUT2D eigenvalue weighted by molar-refractivity contribution is -0.128. The summed E-state index contributed by atoms with van der Waals surface area (Å²) in [6, 6.07) is 10.8. The zero-order valence-corrected chi connectivity index (χ0v) is 14.0. The van der Waals surface area contributed by atoms with E-state index >= 15 is 0 Å². The van der Waals surface area contributed by atoms with Crippen LogP contribution in [0.25, 0.3) is 0 Å². The molecule has 0 radical (unpaired) electrons. The molecule has 0 bridgehead atoms. The molecule has 126 valence electrons. The monoisotopic (exact) mass is 346 g/mol. The molecule has 0 spiro atoms. The van der Waals surface area contributed by atoms with E-state index in [9.17, 15) is 4.79 Å². The number of amides is 1. The third kappa shape index (κ3) is 4.69. The van der Waals surface area contributed by atoms with Gasteiger partial charge in [-0.2, -0.15) is 0 Å². The number of hydrogen-bond donors (Lipinski definition) is 1. The van der Waals surface area contributed by atoms with Crippen LogP contribution in [0.2, 0.25) is 5.02 Å². The van der Waals surface area contributed by atoms with E-state index in [0.717, 1.165) is 18.5 Å². The molecule has 1 aromatic carbocycles. The Morgan fingerprint density at radius 2 is 2.04 bits per heavy atom. The number of nitrogens with one attached hydrogen (secondary N) is 1. The average Bonchev–Trinajstić information content (AvgIpc) is 2.61. The van der Waals surface area contributed by atoms with E-state index in [-0.39, 0.29) is 11.8 Å². The van der Waals surface area contributed by atoms with E-state index in [1.165, 1.54) is 0 Å². The van der Waals surface area contributed by atoms with Gasteiger partial charge in [0.2, 0.25) is 5.91 Å². The quantitative estimate of drug-likeness (QED) is 0.899. The van der Waals surface area contributed by atoms with Crippen molar-refractivity contribution in [2.24, 2.45) is 5.92 Å². The van der Waals surface area contributed by atoms with Crippen molar-refractivity contribution in [2.45, 2.75) is 19.4 Å². The fourth-order valence-electron chi connectivity index (χ4n) is 2.56. The van der Waals surface area contributed by atoms with Crippen LogP contribution in [0.1, 0.15) is 18.5 Å². The summed E-state index contributed by atoms with van der Waals surface area (Å²) in [6.07, 6.45) is 3.21. The van der Waals surface area contributed by atoms with Crippen LogP contribution in [-0.2, 0) is 16.1 Å². The van der Waals surface area contributed by atoms with Crippen LogP contribution in [0, 0.1) is 5.92 Å². The van der Waals surface area contributed by atoms with Crippen LogP contribution >= 0.6 is 11.6 Å². The van der Waals surface area contributed by atoms with Crippen molar-refractivity contribution in [2.75, 3.05) is 13.2 Å². The number of nitrogens with zero attached hydrogens (tertiary/aromatic N) is 1. The molecule has 1 N–H and O–H groups in total. The predicted molar refractivity (Wildman–Crippen MR) is 91.2 cm³/mol. The highest BCUT2D eigenvalue weighted by molar-refractivity contribution is 6.30. The van der Waals surface area contributed by atoms with E-state index < -0.39 is 0 Å². The molecule has 2 heterocycles. The highest BCUT2D eigenvalue weighted by Crippen LogP contribution is 2.24. The third-order valence-electron chi connectivity index (χ3n) is 3.86. The van der Waals surface area contributed by atoms with Gasteiger partial charge in [-0.1, -0.05) is 17.7 Å². The van der Waals surface area contributed by atoms with Crippen LogP contribution in [0.15, 0.2) is 42.6 Å². The second-order valence-electron chi connectivity index (χ2n) is 5.65. The Morgan fingerprint density at radius 1 is 1.25 bits per heavy atom. The summed E-state index contributed by atoms with van der Waals surface area (Å²) in [6.45, 7) is 1.68. The van der Waals surface area contributed by atoms with Gasteiger partial charge >= 0.3 is 0 Å². The molecule has 0 atom stereocenters. The van der Waals surface area contributed by atoms with Crippen LogP contribution in [0.5, 0.6) is 11.5 Å². The lowest BCUT2D eigenvalue weighted by atomic mass is 9.99. The second-order valence-corrected chi connectivity index (χ2v) is 6.08. The summed E-state index contributed by atoms with van der Waals surface area (Å²) < 4.78 is 11.0. The predicted octanol–water partition coefficient (Wildman–Crippen LogP) is 3.57. The first-order chi connectivity index (χ1) is 11.7. The molecule has 1 saturated heterocycles. The van der Waals surface area contributed by atoms with Gasteiger partial charge < -0.3 is 14.8 Å². The molecule has 0 saturated carbocycles. The zero-order chi connectivity index (χ0) is 16.8. The molecular weight excluding hydrogens is 328 g/mol. The Kier molecular flexibility index (Phi) is 5.67. The van der Waals surface area contributed by atoms with Gasteiger partial charge in [0, 0.05) is 36.4 Å². The minimum Gasteiger partial charge on any atom is -0.457 e. The van der Waals surface area contributed by atoms with Crippen molar-refractivity contribution < 1.29 is 14.3 Å². The number of hydrogen-bond acceptors (Lipinski definition) is 4. The van der Waals surface area contributed by atoms with Crippen molar-refractivity contribution in [1.82, 2.24) is 10.3 Å². The van der Waals surface area contributed by atoms with Gasteiger partial charge in [-0.3, -0.25) is 9.78 Å². The topological polar surface area (TPSA) is 60.5 Å². The van der Waals surface area contributed by atoms with Crippen molar-refractivity contribution in [3.63, 3.8) is 0 Å². The van der Waals surface area contributed by atoms with E-state index in [4.69, 9.17) is 21.1 Å². The summed E-state index contributed by atoms with van der Waals surface area (Å²) in [7, 11) is 0. The molecule has 1 aromatic heterocycles. The number of rotatable bonds is 5. The Labute approximate surface area is 145 Å². The molecule has 3 rings (SSSR count). The summed E-state index contributed by atoms with van der Waals surface area (Å²) in [5, 5.41) is 3.55. The maximum atomic E-state index is 12.1. The molecule has 5 nitrogen and oxygen atoms in total. The van der Waals surface area contributed by atoms with E-state index in [2.05, 4.69) is 10.3 Å². The first kappa shape index (κ1) is 16.7. The third-order valence-corrected chi connectivity index (χ3v) is 4.09. The smallest absolute Gasteiger partial charge is 0.223 e. The van der Waals surface area contributed by atoms with Gasteiger partial charge in [0.05, 0.1) is 12.2 Å². The SMILES string of the molecule is O=C(NCc1cc(Oc2cccc(Cl)c2)ccn1)C1CCOCC1. The molecule has 6 heteroatoms. The van der Waals surface area contributed by atoms with Crippen LogP contribution in [0.4, 0.5) is 0 Å². The largest absolute Gasteiger partial charge is 0.457 e. The Bertz CT molecular complexity index is 702. The number of halogens is 1. The van der Waals surface area contributed by atoms with Gasteiger partial charge in [-0.25, -0.2) is 0 Å². The summed E-state index contributed by atoms with van der Waals surface area (Å²) >= 11 is 5.95. The lowest BCUT2D eigenvalue weighted by Crippen LogP contribution is -2.34.